The van der Waals surface area contributed by atoms with Crippen molar-refractivity contribution in [1.82, 2.24) is 9.97 Å². The van der Waals surface area contributed by atoms with Gasteiger partial charge in [-0.25, -0.2) is 9.97 Å². The molecule has 1 aromatic heterocycles. The van der Waals surface area contributed by atoms with Gasteiger partial charge in [0, 0.05) is 28.1 Å². The molecule has 0 saturated heterocycles. The van der Waals surface area contributed by atoms with Crippen LogP contribution in [0.4, 0.5) is 0 Å². The van der Waals surface area contributed by atoms with Crippen molar-refractivity contribution in [1.29, 1.82) is 0 Å². The summed E-state index contributed by atoms with van der Waals surface area (Å²) in [6.07, 6.45) is 2.54. The Morgan fingerprint density at radius 2 is 1.60 bits per heavy atom. The summed E-state index contributed by atoms with van der Waals surface area (Å²) in [5.41, 5.74) is 6.89. The van der Waals surface area contributed by atoms with E-state index in [1.807, 2.05) is 24.3 Å². The smallest absolute Gasteiger partial charge is 0.116 e. The molecule has 3 aromatic rings. The SMILES string of the molecule is Clc1ccc(-c2ncnc3c2Cc2ccccc2-3)cc1. The lowest BCUT2D eigenvalue weighted by Gasteiger charge is -2.06. The van der Waals surface area contributed by atoms with Gasteiger partial charge in [0.05, 0.1) is 11.4 Å². The molecule has 1 heterocycles. The molecule has 1 aliphatic rings. The quantitative estimate of drug-likeness (QED) is 0.517. The number of hydrogen-bond acceptors (Lipinski definition) is 2. The van der Waals surface area contributed by atoms with Crippen LogP contribution in [0.2, 0.25) is 5.02 Å². The number of fused-ring (bicyclic) bond motifs is 3. The highest BCUT2D eigenvalue weighted by Crippen LogP contribution is 2.38. The molecule has 0 spiro atoms. The van der Waals surface area contributed by atoms with Gasteiger partial charge in [-0.1, -0.05) is 48.0 Å². The summed E-state index contributed by atoms with van der Waals surface area (Å²) in [5.74, 6) is 0. The van der Waals surface area contributed by atoms with Crippen molar-refractivity contribution in [3.05, 3.63) is 71.0 Å². The van der Waals surface area contributed by atoms with Gasteiger partial charge in [-0.3, -0.25) is 0 Å². The Morgan fingerprint density at radius 1 is 0.850 bits per heavy atom. The Morgan fingerprint density at radius 3 is 2.45 bits per heavy atom. The van der Waals surface area contributed by atoms with Gasteiger partial charge in [0.25, 0.3) is 0 Å². The zero-order chi connectivity index (χ0) is 13.5. The summed E-state index contributed by atoms with van der Waals surface area (Å²) in [5, 5.41) is 0.739. The second kappa shape index (κ2) is 4.43. The number of rotatable bonds is 1. The standard InChI is InChI=1S/C17H11ClN2/c18-13-7-5-11(6-8-13)16-15-9-12-3-1-2-4-14(12)17(15)20-10-19-16/h1-8,10H,9H2. The van der Waals surface area contributed by atoms with E-state index >= 15 is 0 Å². The van der Waals surface area contributed by atoms with Crippen molar-refractivity contribution in [2.75, 3.05) is 0 Å². The predicted molar refractivity (Wildman–Crippen MR) is 80.7 cm³/mol. The number of hydrogen-bond donors (Lipinski definition) is 0. The molecule has 0 saturated carbocycles. The normalized spacial score (nSPS) is 12.1. The van der Waals surface area contributed by atoms with Gasteiger partial charge in [0.15, 0.2) is 0 Å². The van der Waals surface area contributed by atoms with Crippen LogP contribution in [-0.2, 0) is 6.42 Å². The van der Waals surface area contributed by atoms with Gasteiger partial charge in [-0.2, -0.15) is 0 Å². The summed E-state index contributed by atoms with van der Waals surface area (Å²) in [6, 6.07) is 16.2. The van der Waals surface area contributed by atoms with Gasteiger partial charge in [0.1, 0.15) is 6.33 Å². The Bertz CT molecular complexity index is 794. The number of benzene rings is 2. The number of halogens is 1. The first-order valence-electron chi connectivity index (χ1n) is 6.51. The van der Waals surface area contributed by atoms with E-state index in [1.165, 1.54) is 16.7 Å². The van der Waals surface area contributed by atoms with Crippen molar-refractivity contribution in [3.8, 4) is 22.5 Å². The van der Waals surface area contributed by atoms with Crippen LogP contribution in [0.3, 0.4) is 0 Å². The topological polar surface area (TPSA) is 25.8 Å². The van der Waals surface area contributed by atoms with E-state index in [2.05, 4.69) is 34.2 Å². The maximum Gasteiger partial charge on any atom is 0.116 e. The molecule has 0 fully saturated rings. The zero-order valence-electron chi connectivity index (χ0n) is 10.7. The fraction of sp³-hybridized carbons (Fsp3) is 0.0588. The molecule has 2 aromatic carbocycles. The lowest BCUT2D eigenvalue weighted by molar-refractivity contribution is 1.13. The molecular weight excluding hydrogens is 268 g/mol. The highest BCUT2D eigenvalue weighted by Gasteiger charge is 2.23. The molecule has 0 atom stereocenters. The van der Waals surface area contributed by atoms with Crippen molar-refractivity contribution in [2.24, 2.45) is 0 Å². The van der Waals surface area contributed by atoms with Crippen molar-refractivity contribution in [3.63, 3.8) is 0 Å². The van der Waals surface area contributed by atoms with Gasteiger partial charge >= 0.3 is 0 Å². The van der Waals surface area contributed by atoms with Crippen molar-refractivity contribution < 1.29 is 0 Å². The minimum Gasteiger partial charge on any atom is -0.236 e. The Kier molecular flexibility index (Phi) is 2.57. The first-order valence-corrected chi connectivity index (χ1v) is 6.89. The third-order valence-electron chi connectivity index (χ3n) is 3.70. The molecule has 0 N–H and O–H groups in total. The molecule has 20 heavy (non-hydrogen) atoms. The molecule has 2 nitrogen and oxygen atoms in total. The van der Waals surface area contributed by atoms with Crippen molar-refractivity contribution in [2.45, 2.75) is 6.42 Å². The lowest BCUT2D eigenvalue weighted by Crippen LogP contribution is -1.94. The molecule has 4 rings (SSSR count). The summed E-state index contributed by atoms with van der Waals surface area (Å²) in [4.78, 5) is 8.95. The number of nitrogens with zero attached hydrogens (tertiary/aromatic N) is 2. The summed E-state index contributed by atoms with van der Waals surface area (Å²) >= 11 is 5.96. The minimum absolute atomic E-state index is 0.739. The van der Waals surface area contributed by atoms with Gasteiger partial charge in [0.2, 0.25) is 0 Å². The monoisotopic (exact) mass is 278 g/mol. The molecule has 1 aliphatic carbocycles. The van der Waals surface area contributed by atoms with Crippen LogP contribution in [0.5, 0.6) is 0 Å². The lowest BCUT2D eigenvalue weighted by atomic mass is 10.0. The van der Waals surface area contributed by atoms with Crippen LogP contribution in [0, 0.1) is 0 Å². The largest absolute Gasteiger partial charge is 0.236 e. The van der Waals surface area contributed by atoms with E-state index in [-0.39, 0.29) is 0 Å². The second-order valence-corrected chi connectivity index (χ2v) is 5.33. The molecule has 0 unspecified atom stereocenters. The maximum absolute atomic E-state index is 5.96. The van der Waals surface area contributed by atoms with Crippen LogP contribution in [0.15, 0.2) is 54.9 Å². The van der Waals surface area contributed by atoms with E-state index in [0.29, 0.717) is 0 Å². The molecule has 96 valence electrons. The van der Waals surface area contributed by atoms with Gasteiger partial charge < -0.3 is 0 Å². The van der Waals surface area contributed by atoms with E-state index in [9.17, 15) is 0 Å². The minimum atomic E-state index is 0.739. The second-order valence-electron chi connectivity index (χ2n) is 4.89. The maximum atomic E-state index is 5.96. The molecule has 0 amide bonds. The number of aromatic nitrogens is 2. The fourth-order valence-corrected chi connectivity index (χ4v) is 2.89. The highest BCUT2D eigenvalue weighted by molar-refractivity contribution is 6.30. The summed E-state index contributed by atoms with van der Waals surface area (Å²) < 4.78 is 0. The van der Waals surface area contributed by atoms with Crippen LogP contribution >= 0.6 is 11.6 Å². The zero-order valence-corrected chi connectivity index (χ0v) is 11.4. The van der Waals surface area contributed by atoms with E-state index in [1.54, 1.807) is 6.33 Å². The first kappa shape index (κ1) is 11.6. The van der Waals surface area contributed by atoms with Crippen LogP contribution in [0.25, 0.3) is 22.5 Å². The summed E-state index contributed by atoms with van der Waals surface area (Å²) in [6.45, 7) is 0. The molecule has 0 radical (unpaired) electrons. The molecule has 0 aliphatic heterocycles. The van der Waals surface area contributed by atoms with Crippen molar-refractivity contribution >= 4 is 11.6 Å². The van der Waals surface area contributed by atoms with E-state index in [0.717, 1.165) is 28.4 Å². The van der Waals surface area contributed by atoms with E-state index in [4.69, 9.17) is 11.6 Å². The third kappa shape index (κ3) is 1.73. The van der Waals surface area contributed by atoms with Crippen LogP contribution < -0.4 is 0 Å². The predicted octanol–water partition coefficient (Wildman–Crippen LogP) is 4.37. The Hall–Kier alpha value is -2.19. The molecule has 3 heteroatoms. The Labute approximate surface area is 122 Å². The van der Waals surface area contributed by atoms with Gasteiger partial charge in [-0.05, 0) is 17.7 Å². The van der Waals surface area contributed by atoms with E-state index < -0.39 is 0 Å². The van der Waals surface area contributed by atoms with Gasteiger partial charge in [-0.15, -0.1) is 0 Å². The molecular formula is C17H11ClN2. The average molecular weight is 279 g/mol. The molecule has 0 bridgehead atoms. The van der Waals surface area contributed by atoms with Crippen LogP contribution in [-0.4, -0.2) is 9.97 Å². The Balaban J connectivity index is 1.91. The fourth-order valence-electron chi connectivity index (χ4n) is 2.76. The summed E-state index contributed by atoms with van der Waals surface area (Å²) in [7, 11) is 0. The highest BCUT2D eigenvalue weighted by atomic mass is 35.5. The third-order valence-corrected chi connectivity index (χ3v) is 3.95. The van der Waals surface area contributed by atoms with Crippen LogP contribution in [0.1, 0.15) is 11.1 Å². The average Bonchev–Trinajstić information content (AvgIpc) is 2.87. The first-order chi connectivity index (χ1) is 9.83.